The van der Waals surface area contributed by atoms with E-state index >= 15 is 0 Å². The van der Waals surface area contributed by atoms with Crippen LogP contribution in [0.3, 0.4) is 0 Å². The fourth-order valence-electron chi connectivity index (χ4n) is 0.828. The van der Waals surface area contributed by atoms with Crippen molar-refractivity contribution in [3.05, 3.63) is 29.8 Å². The Balaban J connectivity index is 2.94. The SMILES string of the molecule is NC(N)=Nc1ccc(C(=O)O)cc1. The second kappa shape index (κ2) is 3.57. The number of guanidine groups is 1. The van der Waals surface area contributed by atoms with Gasteiger partial charge < -0.3 is 16.6 Å². The summed E-state index contributed by atoms with van der Waals surface area (Å²) in [6.07, 6.45) is 0. The van der Waals surface area contributed by atoms with Crippen molar-refractivity contribution in [1.82, 2.24) is 0 Å². The van der Waals surface area contributed by atoms with E-state index in [-0.39, 0.29) is 11.5 Å². The lowest BCUT2D eigenvalue weighted by Crippen LogP contribution is -2.21. The summed E-state index contributed by atoms with van der Waals surface area (Å²) >= 11 is 0. The molecule has 68 valence electrons. The quantitative estimate of drug-likeness (QED) is 0.448. The molecule has 0 heterocycles. The molecule has 0 aliphatic carbocycles. The van der Waals surface area contributed by atoms with Gasteiger partial charge in [-0.15, -0.1) is 0 Å². The van der Waals surface area contributed by atoms with Gasteiger partial charge >= 0.3 is 5.97 Å². The molecule has 0 atom stereocenters. The smallest absolute Gasteiger partial charge is 0.335 e. The van der Waals surface area contributed by atoms with Gasteiger partial charge in [0.1, 0.15) is 0 Å². The van der Waals surface area contributed by atoms with E-state index in [0.717, 1.165) is 0 Å². The van der Waals surface area contributed by atoms with Crippen LogP contribution >= 0.6 is 0 Å². The van der Waals surface area contributed by atoms with Gasteiger partial charge in [0, 0.05) is 0 Å². The fourth-order valence-corrected chi connectivity index (χ4v) is 0.828. The molecule has 5 nitrogen and oxygen atoms in total. The highest BCUT2D eigenvalue weighted by atomic mass is 16.4. The molecule has 0 aliphatic rings. The first-order valence-corrected chi connectivity index (χ1v) is 3.52. The molecule has 0 radical (unpaired) electrons. The highest BCUT2D eigenvalue weighted by Gasteiger charge is 2.00. The summed E-state index contributed by atoms with van der Waals surface area (Å²) in [4.78, 5) is 14.2. The zero-order valence-electron chi connectivity index (χ0n) is 6.77. The van der Waals surface area contributed by atoms with Crippen molar-refractivity contribution in [3.63, 3.8) is 0 Å². The van der Waals surface area contributed by atoms with Gasteiger partial charge in [-0.1, -0.05) is 0 Å². The van der Waals surface area contributed by atoms with Crippen LogP contribution in [-0.4, -0.2) is 17.0 Å². The van der Waals surface area contributed by atoms with Crippen LogP contribution in [0.25, 0.3) is 0 Å². The van der Waals surface area contributed by atoms with Crippen LogP contribution in [0.2, 0.25) is 0 Å². The zero-order valence-corrected chi connectivity index (χ0v) is 6.77. The molecular weight excluding hydrogens is 170 g/mol. The Bertz CT molecular complexity index is 339. The number of hydrogen-bond acceptors (Lipinski definition) is 2. The molecule has 0 aliphatic heterocycles. The predicted molar refractivity (Wildman–Crippen MR) is 48.9 cm³/mol. The first kappa shape index (κ1) is 9.05. The van der Waals surface area contributed by atoms with Crippen LogP contribution in [0, 0.1) is 0 Å². The van der Waals surface area contributed by atoms with Crippen molar-refractivity contribution in [1.29, 1.82) is 0 Å². The molecule has 5 heteroatoms. The standard InChI is InChI=1S/C8H9N3O2/c9-8(10)11-6-3-1-5(2-4-6)7(12)13/h1-4H,(H,12,13)(H4,9,10,11). The summed E-state index contributed by atoms with van der Waals surface area (Å²) in [5.74, 6) is -1.03. The first-order chi connectivity index (χ1) is 6.09. The van der Waals surface area contributed by atoms with Gasteiger partial charge in [0.2, 0.25) is 0 Å². The highest BCUT2D eigenvalue weighted by Crippen LogP contribution is 2.12. The van der Waals surface area contributed by atoms with E-state index in [4.69, 9.17) is 16.6 Å². The molecule has 13 heavy (non-hydrogen) atoms. The Morgan fingerprint density at radius 2 is 1.77 bits per heavy atom. The Kier molecular flexibility index (Phi) is 2.49. The minimum absolute atomic E-state index is 0.0527. The van der Waals surface area contributed by atoms with Crippen LogP contribution in [-0.2, 0) is 0 Å². The summed E-state index contributed by atoms with van der Waals surface area (Å²) in [6.45, 7) is 0. The third-order valence-corrected chi connectivity index (χ3v) is 1.37. The molecule has 0 bridgehead atoms. The zero-order chi connectivity index (χ0) is 9.84. The lowest BCUT2D eigenvalue weighted by molar-refractivity contribution is 0.0697. The maximum absolute atomic E-state index is 10.4. The highest BCUT2D eigenvalue weighted by molar-refractivity contribution is 5.88. The summed E-state index contributed by atoms with van der Waals surface area (Å²) in [7, 11) is 0. The number of carboxylic acid groups (broad SMARTS) is 1. The molecule has 0 saturated heterocycles. The molecule has 5 N–H and O–H groups in total. The van der Waals surface area contributed by atoms with Crippen LogP contribution in [0.4, 0.5) is 5.69 Å². The van der Waals surface area contributed by atoms with Gasteiger partial charge in [0.15, 0.2) is 5.96 Å². The summed E-state index contributed by atoms with van der Waals surface area (Å²) < 4.78 is 0. The van der Waals surface area contributed by atoms with Crippen LogP contribution in [0.15, 0.2) is 29.3 Å². The first-order valence-electron chi connectivity index (χ1n) is 3.52. The number of nitrogens with zero attached hydrogens (tertiary/aromatic N) is 1. The van der Waals surface area contributed by atoms with Gasteiger partial charge in [0.25, 0.3) is 0 Å². The molecule has 1 aromatic carbocycles. The maximum atomic E-state index is 10.4. The van der Waals surface area contributed by atoms with Crippen molar-refractivity contribution in [2.45, 2.75) is 0 Å². The number of hydrogen-bond donors (Lipinski definition) is 3. The number of benzene rings is 1. The Labute approximate surface area is 74.7 Å². The molecule has 0 unspecified atom stereocenters. The maximum Gasteiger partial charge on any atom is 0.335 e. The number of aromatic carboxylic acids is 1. The number of nitrogens with two attached hydrogens (primary N) is 2. The average molecular weight is 179 g/mol. The molecule has 0 amide bonds. The van der Waals surface area contributed by atoms with Gasteiger partial charge in [-0.05, 0) is 24.3 Å². The normalized spacial score (nSPS) is 9.23. The van der Waals surface area contributed by atoms with Crippen molar-refractivity contribution in [3.8, 4) is 0 Å². The van der Waals surface area contributed by atoms with Crippen molar-refractivity contribution in [2.75, 3.05) is 0 Å². The van der Waals surface area contributed by atoms with E-state index in [0.29, 0.717) is 5.69 Å². The Hall–Kier alpha value is -2.04. The van der Waals surface area contributed by atoms with Gasteiger partial charge in [-0.2, -0.15) is 0 Å². The van der Waals surface area contributed by atoms with E-state index in [1.54, 1.807) is 0 Å². The average Bonchev–Trinajstić information content (AvgIpc) is 2.04. The molecule has 0 fully saturated rings. The van der Waals surface area contributed by atoms with E-state index in [2.05, 4.69) is 4.99 Å². The van der Waals surface area contributed by atoms with Crippen LogP contribution in [0.5, 0.6) is 0 Å². The summed E-state index contributed by atoms with van der Waals surface area (Å²) in [5.41, 5.74) is 11.0. The molecule has 0 aromatic heterocycles. The number of carboxylic acids is 1. The van der Waals surface area contributed by atoms with Gasteiger partial charge in [-0.3, -0.25) is 0 Å². The van der Waals surface area contributed by atoms with E-state index in [9.17, 15) is 4.79 Å². The van der Waals surface area contributed by atoms with E-state index < -0.39 is 5.97 Å². The van der Waals surface area contributed by atoms with Crippen molar-refractivity contribution >= 4 is 17.6 Å². The molecular formula is C8H9N3O2. The van der Waals surface area contributed by atoms with Crippen molar-refractivity contribution < 1.29 is 9.90 Å². The van der Waals surface area contributed by atoms with E-state index in [1.165, 1.54) is 24.3 Å². The number of aliphatic imine (C=N–C) groups is 1. The number of carbonyl (C=O) groups is 1. The fraction of sp³-hybridized carbons (Fsp3) is 0. The van der Waals surface area contributed by atoms with Crippen LogP contribution in [0.1, 0.15) is 10.4 Å². The van der Waals surface area contributed by atoms with Crippen molar-refractivity contribution in [2.24, 2.45) is 16.5 Å². The predicted octanol–water partition coefficient (Wildman–Crippen LogP) is 0.290. The largest absolute Gasteiger partial charge is 0.478 e. The van der Waals surface area contributed by atoms with Gasteiger partial charge in [-0.25, -0.2) is 9.79 Å². The Morgan fingerprint density at radius 3 is 2.15 bits per heavy atom. The second-order valence-corrected chi connectivity index (χ2v) is 2.39. The molecule has 1 aromatic rings. The molecule has 0 saturated carbocycles. The minimum atomic E-state index is -0.976. The summed E-state index contributed by atoms with van der Waals surface area (Å²) in [6, 6.07) is 5.93. The lowest BCUT2D eigenvalue weighted by atomic mass is 10.2. The monoisotopic (exact) mass is 179 g/mol. The molecule has 1 rings (SSSR count). The number of rotatable bonds is 2. The third kappa shape index (κ3) is 2.48. The summed E-state index contributed by atoms with van der Waals surface area (Å²) in [5, 5.41) is 8.57. The topological polar surface area (TPSA) is 102 Å². The Morgan fingerprint density at radius 1 is 1.23 bits per heavy atom. The van der Waals surface area contributed by atoms with E-state index in [1.807, 2.05) is 0 Å². The minimum Gasteiger partial charge on any atom is -0.478 e. The lowest BCUT2D eigenvalue weighted by Gasteiger charge is -1.95. The third-order valence-electron chi connectivity index (χ3n) is 1.37. The van der Waals surface area contributed by atoms with Gasteiger partial charge in [0.05, 0.1) is 11.3 Å². The second-order valence-electron chi connectivity index (χ2n) is 2.39. The molecule has 0 spiro atoms. The van der Waals surface area contributed by atoms with Crippen LogP contribution < -0.4 is 11.5 Å².